The number of rotatable bonds is 1. The smallest absolute Gasteiger partial charge is 0.0567 e. The topological polar surface area (TPSA) is 49.5 Å². The van der Waals surface area contributed by atoms with Crippen molar-refractivity contribution in [1.29, 1.82) is 0 Å². The fraction of sp³-hybridized carbons (Fsp3) is 1.00. The highest BCUT2D eigenvalue weighted by molar-refractivity contribution is 4.79. The number of nitrogens with zero attached hydrogens (tertiary/aromatic N) is 1. The molecule has 0 saturated carbocycles. The van der Waals surface area contributed by atoms with Gasteiger partial charge in [-0.15, -0.1) is 0 Å². The Balaban J connectivity index is 2.38. The van der Waals surface area contributed by atoms with Gasteiger partial charge >= 0.3 is 0 Å². The molecule has 0 aromatic heterocycles. The molecule has 1 aliphatic rings. The van der Waals surface area contributed by atoms with E-state index in [0.29, 0.717) is 12.6 Å². The molecule has 3 N–H and O–H groups in total. The van der Waals surface area contributed by atoms with Gasteiger partial charge in [0, 0.05) is 19.1 Å². The van der Waals surface area contributed by atoms with E-state index in [1.54, 1.807) is 0 Å². The van der Waals surface area contributed by atoms with E-state index in [4.69, 9.17) is 5.73 Å². The van der Waals surface area contributed by atoms with Gasteiger partial charge in [0.05, 0.1) is 6.10 Å². The summed E-state index contributed by atoms with van der Waals surface area (Å²) < 4.78 is 0. The molecule has 0 aliphatic carbocycles. The molecule has 2 atom stereocenters. The van der Waals surface area contributed by atoms with E-state index in [2.05, 4.69) is 11.9 Å². The molecular weight excluding hydrogens is 128 g/mol. The predicted octanol–water partition coefficient (Wildman–Crippen LogP) is -0.600. The van der Waals surface area contributed by atoms with E-state index in [9.17, 15) is 5.11 Å². The molecule has 60 valence electrons. The lowest BCUT2D eigenvalue weighted by Crippen LogP contribution is -2.45. The third-order valence-electron chi connectivity index (χ3n) is 2.25. The van der Waals surface area contributed by atoms with Gasteiger partial charge in [-0.3, -0.25) is 0 Å². The molecule has 10 heavy (non-hydrogen) atoms. The summed E-state index contributed by atoms with van der Waals surface area (Å²) in [4.78, 5) is 2.22. The molecule has 0 radical (unpaired) electrons. The van der Waals surface area contributed by atoms with Gasteiger partial charge < -0.3 is 15.7 Å². The Hall–Kier alpha value is -0.120. The number of aliphatic hydroxyl groups excluding tert-OH is 1. The molecule has 3 nitrogen and oxygen atoms in total. The van der Waals surface area contributed by atoms with Gasteiger partial charge in [0.25, 0.3) is 0 Å². The summed E-state index contributed by atoms with van der Waals surface area (Å²) in [5.74, 6) is 0. The van der Waals surface area contributed by atoms with Crippen molar-refractivity contribution >= 4 is 0 Å². The molecule has 0 bridgehead atoms. The first kappa shape index (κ1) is 7.98. The van der Waals surface area contributed by atoms with Crippen molar-refractivity contribution < 1.29 is 5.11 Å². The summed E-state index contributed by atoms with van der Waals surface area (Å²) in [6, 6.07) is 0.392. The number of likely N-dealkylation sites (N-methyl/N-ethyl adjacent to an activating group) is 1. The molecule has 1 aliphatic heterocycles. The number of hydrogen-bond donors (Lipinski definition) is 2. The Bertz CT molecular complexity index is 108. The van der Waals surface area contributed by atoms with Crippen LogP contribution in [-0.4, -0.2) is 42.3 Å². The number of nitrogens with two attached hydrogens (primary N) is 1. The second kappa shape index (κ2) is 3.32. The van der Waals surface area contributed by atoms with E-state index >= 15 is 0 Å². The maximum atomic E-state index is 9.25. The van der Waals surface area contributed by atoms with Crippen LogP contribution in [0.2, 0.25) is 0 Å². The fourth-order valence-corrected chi connectivity index (χ4v) is 1.42. The lowest BCUT2D eigenvalue weighted by atomic mass is 10.0. The minimum atomic E-state index is -0.121. The first-order valence-corrected chi connectivity index (χ1v) is 3.82. The molecule has 1 saturated heterocycles. The molecule has 0 amide bonds. The van der Waals surface area contributed by atoms with Crippen LogP contribution in [0.1, 0.15) is 12.8 Å². The largest absolute Gasteiger partial charge is 0.393 e. The molecule has 0 spiro atoms. The van der Waals surface area contributed by atoms with Crippen LogP contribution in [0.25, 0.3) is 0 Å². The Labute approximate surface area is 61.8 Å². The molecule has 0 aromatic carbocycles. The minimum absolute atomic E-state index is 0.121. The average molecular weight is 144 g/mol. The fourth-order valence-electron chi connectivity index (χ4n) is 1.42. The average Bonchev–Trinajstić information content (AvgIpc) is 1.94. The highest BCUT2D eigenvalue weighted by atomic mass is 16.3. The Morgan fingerprint density at radius 1 is 1.70 bits per heavy atom. The van der Waals surface area contributed by atoms with E-state index in [-0.39, 0.29) is 6.10 Å². The Kier molecular flexibility index (Phi) is 2.65. The van der Waals surface area contributed by atoms with Gasteiger partial charge in [-0.1, -0.05) is 0 Å². The normalized spacial score (nSPS) is 36.3. The van der Waals surface area contributed by atoms with Crippen molar-refractivity contribution in [3.63, 3.8) is 0 Å². The monoisotopic (exact) mass is 144 g/mol. The van der Waals surface area contributed by atoms with E-state index < -0.39 is 0 Å². The highest BCUT2D eigenvalue weighted by Gasteiger charge is 2.22. The van der Waals surface area contributed by atoms with Gasteiger partial charge in [-0.2, -0.15) is 0 Å². The molecule has 1 heterocycles. The van der Waals surface area contributed by atoms with Crippen LogP contribution in [0.5, 0.6) is 0 Å². The molecule has 3 heteroatoms. The summed E-state index contributed by atoms with van der Waals surface area (Å²) in [6.07, 6.45) is 1.62. The predicted molar refractivity (Wildman–Crippen MR) is 40.7 cm³/mol. The minimum Gasteiger partial charge on any atom is -0.393 e. The number of aliphatic hydroxyl groups is 1. The third kappa shape index (κ3) is 1.68. The SMILES string of the molecule is CN1CC[C@@H](O)C[C@H]1CN. The van der Waals surface area contributed by atoms with E-state index in [0.717, 1.165) is 19.4 Å². The van der Waals surface area contributed by atoms with E-state index in [1.165, 1.54) is 0 Å². The number of hydrogen-bond acceptors (Lipinski definition) is 3. The zero-order chi connectivity index (χ0) is 7.56. The zero-order valence-electron chi connectivity index (χ0n) is 6.45. The summed E-state index contributed by atoms with van der Waals surface area (Å²) in [5, 5.41) is 9.25. The first-order chi connectivity index (χ1) is 4.74. The highest BCUT2D eigenvalue weighted by Crippen LogP contribution is 2.14. The molecule has 1 rings (SSSR count). The standard InChI is InChI=1S/C7H16N2O/c1-9-3-2-7(10)4-6(9)5-8/h6-7,10H,2-5,8H2,1H3/t6-,7+/m0/s1. The molecule has 0 aromatic rings. The first-order valence-electron chi connectivity index (χ1n) is 3.82. The van der Waals surface area contributed by atoms with Crippen LogP contribution in [0.15, 0.2) is 0 Å². The zero-order valence-corrected chi connectivity index (χ0v) is 6.45. The second-order valence-electron chi connectivity index (χ2n) is 3.05. The third-order valence-corrected chi connectivity index (χ3v) is 2.25. The lowest BCUT2D eigenvalue weighted by molar-refractivity contribution is 0.0588. The van der Waals surface area contributed by atoms with Crippen molar-refractivity contribution in [2.75, 3.05) is 20.1 Å². The van der Waals surface area contributed by atoms with E-state index in [1.807, 2.05) is 0 Å². The molecule has 0 unspecified atom stereocenters. The van der Waals surface area contributed by atoms with Crippen LogP contribution < -0.4 is 5.73 Å². The summed E-state index contributed by atoms with van der Waals surface area (Å²) in [7, 11) is 2.06. The van der Waals surface area contributed by atoms with Crippen LogP contribution in [0.4, 0.5) is 0 Å². The van der Waals surface area contributed by atoms with Crippen molar-refractivity contribution in [3.05, 3.63) is 0 Å². The van der Waals surface area contributed by atoms with Gasteiger partial charge in [-0.05, 0) is 19.9 Å². The summed E-state index contributed by atoms with van der Waals surface area (Å²) >= 11 is 0. The van der Waals surface area contributed by atoms with Crippen molar-refractivity contribution in [2.24, 2.45) is 5.73 Å². The van der Waals surface area contributed by atoms with Gasteiger partial charge in [-0.25, -0.2) is 0 Å². The van der Waals surface area contributed by atoms with Crippen molar-refractivity contribution in [2.45, 2.75) is 25.0 Å². The summed E-state index contributed by atoms with van der Waals surface area (Å²) in [6.45, 7) is 1.64. The van der Waals surface area contributed by atoms with Crippen LogP contribution in [0.3, 0.4) is 0 Å². The molecular formula is C7H16N2O. The molecule has 1 fully saturated rings. The maximum Gasteiger partial charge on any atom is 0.0567 e. The maximum absolute atomic E-state index is 9.25. The van der Waals surface area contributed by atoms with Crippen LogP contribution in [-0.2, 0) is 0 Å². The lowest BCUT2D eigenvalue weighted by Gasteiger charge is -2.34. The van der Waals surface area contributed by atoms with Crippen LogP contribution >= 0.6 is 0 Å². The van der Waals surface area contributed by atoms with Crippen molar-refractivity contribution in [1.82, 2.24) is 4.90 Å². The van der Waals surface area contributed by atoms with Crippen molar-refractivity contribution in [3.8, 4) is 0 Å². The van der Waals surface area contributed by atoms with Gasteiger partial charge in [0.15, 0.2) is 0 Å². The Morgan fingerprint density at radius 3 is 2.90 bits per heavy atom. The number of likely N-dealkylation sites (tertiary alicyclic amines) is 1. The Morgan fingerprint density at radius 2 is 2.40 bits per heavy atom. The van der Waals surface area contributed by atoms with Gasteiger partial charge in [0.2, 0.25) is 0 Å². The summed E-state index contributed by atoms with van der Waals surface area (Å²) in [5.41, 5.74) is 5.50. The number of piperidine rings is 1. The quantitative estimate of drug-likeness (QED) is 0.516. The van der Waals surface area contributed by atoms with Crippen LogP contribution in [0, 0.1) is 0 Å². The second-order valence-corrected chi connectivity index (χ2v) is 3.05. The van der Waals surface area contributed by atoms with Gasteiger partial charge in [0.1, 0.15) is 0 Å².